The normalized spacial score (nSPS) is 10.9. The van der Waals surface area contributed by atoms with Crippen molar-refractivity contribution < 1.29 is 4.79 Å². The van der Waals surface area contributed by atoms with Crippen LogP contribution in [0.1, 0.15) is 15.2 Å². The molecule has 0 fully saturated rings. The van der Waals surface area contributed by atoms with Crippen molar-refractivity contribution in [3.63, 3.8) is 0 Å². The summed E-state index contributed by atoms with van der Waals surface area (Å²) in [5.41, 5.74) is 1.89. The number of hydrogen-bond acceptors (Lipinski definition) is 3. The zero-order valence-electron chi connectivity index (χ0n) is 10.5. The van der Waals surface area contributed by atoms with Gasteiger partial charge < -0.3 is 0 Å². The molecule has 0 bridgehead atoms. The summed E-state index contributed by atoms with van der Waals surface area (Å²) < 4.78 is 0. The van der Waals surface area contributed by atoms with Crippen molar-refractivity contribution in [2.24, 2.45) is 0 Å². The lowest BCUT2D eigenvalue weighted by molar-refractivity contribution is 0.108. The van der Waals surface area contributed by atoms with Crippen molar-refractivity contribution in [3.8, 4) is 10.6 Å². The highest BCUT2D eigenvalue weighted by Crippen LogP contribution is 2.31. The number of hydrogen-bond donors (Lipinski definition) is 0. The second-order valence-corrected chi connectivity index (χ2v) is 6.47. The Balaban J connectivity index is 2.31. The van der Waals surface area contributed by atoms with Crippen LogP contribution in [0, 0.1) is 6.92 Å². The Morgan fingerprint density at radius 2 is 2.00 bits per heavy atom. The Labute approximate surface area is 130 Å². The molecule has 0 saturated carbocycles. The minimum absolute atomic E-state index is 0.431. The summed E-state index contributed by atoms with van der Waals surface area (Å²) in [6.45, 7) is 2.03. The third-order valence-corrected chi connectivity index (χ3v) is 4.44. The molecule has 20 heavy (non-hydrogen) atoms. The van der Waals surface area contributed by atoms with Gasteiger partial charge in [-0.15, -0.1) is 11.3 Å². The van der Waals surface area contributed by atoms with Gasteiger partial charge >= 0.3 is 0 Å². The van der Waals surface area contributed by atoms with Gasteiger partial charge in [0.2, 0.25) is 0 Å². The zero-order valence-corrected chi connectivity index (χ0v) is 12.8. The zero-order chi connectivity index (χ0) is 14.3. The predicted molar refractivity (Wildman–Crippen MR) is 85.0 cm³/mol. The largest absolute Gasteiger partial charge is 0.276 e. The van der Waals surface area contributed by atoms with Crippen LogP contribution < -0.4 is 0 Å². The van der Waals surface area contributed by atoms with E-state index in [1.807, 2.05) is 19.1 Å². The molecule has 0 spiro atoms. The maximum Gasteiger partial charge on any atom is 0.253 e. The Kier molecular flexibility index (Phi) is 3.50. The molecule has 5 heteroatoms. The number of aromatic nitrogens is 1. The van der Waals surface area contributed by atoms with Gasteiger partial charge in [-0.1, -0.05) is 11.6 Å². The van der Waals surface area contributed by atoms with E-state index >= 15 is 0 Å². The van der Waals surface area contributed by atoms with Crippen LogP contribution in [0.5, 0.6) is 0 Å². The highest BCUT2D eigenvalue weighted by atomic mass is 35.5. The van der Waals surface area contributed by atoms with Gasteiger partial charge in [-0.25, -0.2) is 4.98 Å². The summed E-state index contributed by atoms with van der Waals surface area (Å²) in [4.78, 5) is 18.4. The van der Waals surface area contributed by atoms with Gasteiger partial charge in [-0.2, -0.15) is 0 Å². The van der Waals surface area contributed by atoms with Crippen LogP contribution in [-0.4, -0.2) is 10.2 Å². The molecule has 0 saturated heterocycles. The number of pyridine rings is 1. The summed E-state index contributed by atoms with van der Waals surface area (Å²) in [7, 11) is 0. The van der Waals surface area contributed by atoms with Crippen LogP contribution in [0.4, 0.5) is 0 Å². The van der Waals surface area contributed by atoms with Crippen LogP contribution in [0.15, 0.2) is 36.4 Å². The Bertz CT molecular complexity index is 826. The molecule has 0 N–H and O–H groups in total. The van der Waals surface area contributed by atoms with Crippen molar-refractivity contribution >= 4 is 50.7 Å². The van der Waals surface area contributed by atoms with Crippen molar-refractivity contribution in [2.45, 2.75) is 6.92 Å². The number of aryl methyl sites for hydroxylation is 1. The second kappa shape index (κ2) is 5.17. The van der Waals surface area contributed by atoms with Crippen molar-refractivity contribution in [1.29, 1.82) is 0 Å². The van der Waals surface area contributed by atoms with Crippen LogP contribution in [0.3, 0.4) is 0 Å². The standard InChI is InChI=1S/C15H9Cl2NOS/c1-8-2-5-14(20-8)13-7-11(15(17)19)10-6-9(16)3-4-12(10)18-13/h2-7H,1H3. The summed E-state index contributed by atoms with van der Waals surface area (Å²) in [6, 6.07) is 11.0. The Morgan fingerprint density at radius 1 is 1.20 bits per heavy atom. The van der Waals surface area contributed by atoms with E-state index < -0.39 is 5.24 Å². The first-order valence-corrected chi connectivity index (χ1v) is 7.49. The molecule has 0 aliphatic carbocycles. The second-order valence-electron chi connectivity index (χ2n) is 4.40. The van der Waals surface area contributed by atoms with Gasteiger partial charge in [0.25, 0.3) is 5.24 Å². The molecule has 0 radical (unpaired) electrons. The van der Waals surface area contributed by atoms with Crippen LogP contribution in [0.25, 0.3) is 21.5 Å². The topological polar surface area (TPSA) is 30.0 Å². The van der Waals surface area contributed by atoms with Crippen LogP contribution >= 0.6 is 34.5 Å². The monoisotopic (exact) mass is 321 g/mol. The molecule has 2 nitrogen and oxygen atoms in total. The average molecular weight is 322 g/mol. The number of benzene rings is 1. The molecule has 0 atom stereocenters. The van der Waals surface area contributed by atoms with E-state index in [-0.39, 0.29) is 0 Å². The summed E-state index contributed by atoms with van der Waals surface area (Å²) in [5, 5.41) is 0.724. The molecular weight excluding hydrogens is 313 g/mol. The fraction of sp³-hybridized carbons (Fsp3) is 0.0667. The van der Waals surface area contributed by atoms with Crippen LogP contribution in [0.2, 0.25) is 5.02 Å². The molecular formula is C15H9Cl2NOS. The van der Waals surface area contributed by atoms with Gasteiger partial charge in [0, 0.05) is 20.8 Å². The smallest absolute Gasteiger partial charge is 0.253 e. The molecule has 2 aromatic heterocycles. The SMILES string of the molecule is Cc1ccc(-c2cc(C(=O)Cl)c3cc(Cl)ccc3n2)s1. The van der Waals surface area contributed by atoms with Crippen LogP contribution in [-0.2, 0) is 0 Å². The fourth-order valence-corrected chi connectivity index (χ4v) is 3.22. The van der Waals surface area contributed by atoms with Gasteiger partial charge in [0.1, 0.15) is 0 Å². The molecule has 0 amide bonds. The van der Waals surface area contributed by atoms with E-state index in [1.165, 1.54) is 4.88 Å². The molecule has 0 aliphatic rings. The first kappa shape index (κ1) is 13.6. The van der Waals surface area contributed by atoms with E-state index in [1.54, 1.807) is 35.6 Å². The van der Waals surface area contributed by atoms with Gasteiger partial charge in [-0.3, -0.25) is 4.79 Å². The van der Waals surface area contributed by atoms with Gasteiger partial charge in [0.05, 0.1) is 16.1 Å². The third kappa shape index (κ3) is 2.44. The summed E-state index contributed by atoms with van der Waals surface area (Å²) in [5.74, 6) is 0. The summed E-state index contributed by atoms with van der Waals surface area (Å²) in [6.07, 6.45) is 0. The third-order valence-electron chi connectivity index (χ3n) is 2.98. The maximum absolute atomic E-state index is 11.7. The molecule has 3 aromatic rings. The molecule has 100 valence electrons. The molecule has 0 unspecified atom stereocenters. The number of thiophene rings is 1. The molecule has 1 aromatic carbocycles. The quantitative estimate of drug-likeness (QED) is 0.599. The predicted octanol–water partition coefficient (Wildman–Crippen LogP) is 5.30. The lowest BCUT2D eigenvalue weighted by Gasteiger charge is -2.06. The highest BCUT2D eigenvalue weighted by Gasteiger charge is 2.13. The lowest BCUT2D eigenvalue weighted by atomic mass is 10.1. The minimum atomic E-state index is -0.505. The van der Waals surface area contributed by atoms with Crippen molar-refractivity contribution in [3.05, 3.63) is 51.9 Å². The number of fused-ring (bicyclic) bond motifs is 1. The summed E-state index contributed by atoms with van der Waals surface area (Å²) >= 11 is 13.3. The van der Waals surface area contributed by atoms with E-state index in [0.29, 0.717) is 21.5 Å². The Morgan fingerprint density at radius 3 is 2.65 bits per heavy atom. The first-order valence-electron chi connectivity index (χ1n) is 5.91. The van der Waals surface area contributed by atoms with E-state index in [2.05, 4.69) is 4.98 Å². The molecule has 3 rings (SSSR count). The fourth-order valence-electron chi connectivity index (χ4n) is 2.06. The minimum Gasteiger partial charge on any atom is -0.276 e. The van der Waals surface area contributed by atoms with Gasteiger partial charge in [0.15, 0.2) is 0 Å². The van der Waals surface area contributed by atoms with Crippen molar-refractivity contribution in [1.82, 2.24) is 4.98 Å². The number of carbonyl (C=O) groups is 1. The van der Waals surface area contributed by atoms with E-state index in [9.17, 15) is 4.79 Å². The average Bonchev–Trinajstić information content (AvgIpc) is 2.84. The molecule has 2 heterocycles. The molecule has 0 aliphatic heterocycles. The number of carbonyl (C=O) groups excluding carboxylic acids is 1. The maximum atomic E-state index is 11.7. The lowest BCUT2D eigenvalue weighted by Crippen LogP contribution is -1.95. The van der Waals surface area contributed by atoms with E-state index in [4.69, 9.17) is 23.2 Å². The first-order chi connectivity index (χ1) is 9.54. The van der Waals surface area contributed by atoms with Crippen molar-refractivity contribution in [2.75, 3.05) is 0 Å². The number of nitrogens with zero attached hydrogens (tertiary/aromatic N) is 1. The number of rotatable bonds is 2. The number of halogens is 2. The Hall–Kier alpha value is -1.42. The van der Waals surface area contributed by atoms with Gasteiger partial charge in [-0.05, 0) is 54.9 Å². The van der Waals surface area contributed by atoms with E-state index in [0.717, 1.165) is 10.6 Å². The highest BCUT2D eigenvalue weighted by molar-refractivity contribution is 7.15.